The largest absolute Gasteiger partial charge is 0.481 e. The number of rotatable bonds is 5. The number of benzene rings is 1. The molecule has 3 N–H and O–H groups in total. The zero-order chi connectivity index (χ0) is 23.2. The molecule has 1 heterocycles. The predicted molar refractivity (Wildman–Crippen MR) is 97.2 cm³/mol. The third kappa shape index (κ3) is 3.25. The number of alkyl halides is 4. The Hall–Kier alpha value is -2.23. The monoisotopic (exact) mass is 437 g/mol. The average molecular weight is 437 g/mol. The third-order valence-corrected chi connectivity index (χ3v) is 6.56. The Morgan fingerprint density at radius 2 is 1.77 bits per heavy atom. The van der Waals surface area contributed by atoms with Crippen LogP contribution in [0.2, 0.25) is 0 Å². The Bertz CT molecular complexity index is 843. The number of hydrogen-bond acceptors (Lipinski definition) is 3. The van der Waals surface area contributed by atoms with Crippen molar-refractivity contribution in [2.75, 3.05) is 6.67 Å². The van der Waals surface area contributed by atoms with Crippen molar-refractivity contribution in [3.05, 3.63) is 35.1 Å². The molecule has 0 bridgehead atoms. The van der Waals surface area contributed by atoms with Crippen molar-refractivity contribution in [3.8, 4) is 0 Å². The van der Waals surface area contributed by atoms with Gasteiger partial charge in [0, 0.05) is 17.5 Å². The van der Waals surface area contributed by atoms with Gasteiger partial charge in [0.15, 0.2) is 0 Å². The number of piperidine rings is 1. The van der Waals surface area contributed by atoms with E-state index >= 15 is 0 Å². The summed E-state index contributed by atoms with van der Waals surface area (Å²) < 4.78 is 70.3. The zero-order valence-corrected chi connectivity index (χ0v) is 16.8. The molecular formula is C20H24F5NO4. The van der Waals surface area contributed by atoms with Gasteiger partial charge in [-0.2, -0.15) is 13.2 Å². The second-order valence-corrected chi connectivity index (χ2v) is 8.21. The molecule has 1 aromatic rings. The summed E-state index contributed by atoms with van der Waals surface area (Å²) in [5.41, 5.74) is -7.12. The van der Waals surface area contributed by atoms with Gasteiger partial charge in [-0.3, -0.25) is 9.59 Å². The lowest BCUT2D eigenvalue weighted by molar-refractivity contribution is -0.178. The van der Waals surface area contributed by atoms with Crippen LogP contribution in [0.3, 0.4) is 0 Å². The highest BCUT2D eigenvalue weighted by atomic mass is 19.4. The molecule has 0 amide bonds. The Kier molecular flexibility index (Phi) is 6.24. The van der Waals surface area contributed by atoms with Crippen molar-refractivity contribution in [1.29, 1.82) is 0 Å². The summed E-state index contributed by atoms with van der Waals surface area (Å²) in [7, 11) is 0. The summed E-state index contributed by atoms with van der Waals surface area (Å²) in [6, 6.07) is -0.591. The molecule has 168 valence electrons. The normalized spacial score (nSPS) is 32.3. The Labute approximate surface area is 170 Å². The van der Waals surface area contributed by atoms with Crippen LogP contribution < -0.4 is 5.32 Å². The van der Waals surface area contributed by atoms with Crippen LogP contribution in [0.15, 0.2) is 18.2 Å². The van der Waals surface area contributed by atoms with Crippen LogP contribution in [-0.2, 0) is 15.8 Å². The van der Waals surface area contributed by atoms with E-state index in [2.05, 4.69) is 5.32 Å². The number of carboxylic acids is 2. The Morgan fingerprint density at radius 1 is 1.20 bits per heavy atom. The number of carboxylic acid groups (broad SMARTS) is 2. The molecule has 1 aromatic carbocycles. The molecular weight excluding hydrogens is 413 g/mol. The Morgan fingerprint density at radius 3 is 2.17 bits per heavy atom. The molecule has 0 radical (unpaired) electrons. The first kappa shape index (κ1) is 24.0. The first-order valence-corrected chi connectivity index (χ1v) is 9.32. The fourth-order valence-electron chi connectivity index (χ4n) is 5.04. The van der Waals surface area contributed by atoms with Crippen LogP contribution in [0.25, 0.3) is 0 Å². The summed E-state index contributed by atoms with van der Waals surface area (Å²) >= 11 is 0. The lowest BCUT2D eigenvalue weighted by Gasteiger charge is -2.58. The van der Waals surface area contributed by atoms with Gasteiger partial charge in [-0.05, 0) is 31.9 Å². The first-order valence-electron chi connectivity index (χ1n) is 9.32. The molecule has 0 aromatic heterocycles. The van der Waals surface area contributed by atoms with E-state index in [0.717, 1.165) is 19.1 Å². The van der Waals surface area contributed by atoms with Gasteiger partial charge in [0.2, 0.25) is 0 Å². The molecule has 1 saturated heterocycles. The van der Waals surface area contributed by atoms with Crippen LogP contribution in [0.1, 0.15) is 44.7 Å². The lowest BCUT2D eigenvalue weighted by atomic mass is 9.48. The molecule has 30 heavy (non-hydrogen) atoms. The molecule has 0 saturated carbocycles. The summed E-state index contributed by atoms with van der Waals surface area (Å²) in [5.74, 6) is -7.65. The van der Waals surface area contributed by atoms with Gasteiger partial charge >= 0.3 is 18.1 Å². The standard InChI is InChI=1S/C20H24F5NO4/c1-9(2)19(17(29)30)10(3)26-13(8-21)18(4,16(27)28)15(19)14-11(20(23,24)25)6-5-7-12(14)22/h5-7,9-10,13,15,26H,8H2,1-4H3,(H,27,28)(H,29,30). The highest BCUT2D eigenvalue weighted by molar-refractivity contribution is 5.84. The second-order valence-electron chi connectivity index (χ2n) is 8.21. The smallest absolute Gasteiger partial charge is 0.416 e. The van der Waals surface area contributed by atoms with Crippen molar-refractivity contribution in [2.45, 2.75) is 51.9 Å². The highest BCUT2D eigenvalue weighted by Crippen LogP contribution is 2.60. The van der Waals surface area contributed by atoms with E-state index in [9.17, 15) is 41.8 Å². The van der Waals surface area contributed by atoms with Crippen molar-refractivity contribution in [1.82, 2.24) is 5.32 Å². The van der Waals surface area contributed by atoms with Gasteiger partial charge in [-0.1, -0.05) is 19.9 Å². The van der Waals surface area contributed by atoms with Gasteiger partial charge in [0.05, 0.1) is 22.4 Å². The molecule has 10 heteroatoms. The van der Waals surface area contributed by atoms with Crippen molar-refractivity contribution < 1.29 is 41.8 Å². The molecule has 5 unspecified atom stereocenters. The summed E-state index contributed by atoms with van der Waals surface area (Å²) in [6.07, 6.45) is -5.09. The molecule has 1 fully saturated rings. The van der Waals surface area contributed by atoms with E-state index in [1.165, 1.54) is 20.8 Å². The number of carbonyl (C=O) groups is 2. The Balaban J connectivity index is 3.10. The van der Waals surface area contributed by atoms with Gasteiger partial charge < -0.3 is 15.5 Å². The van der Waals surface area contributed by atoms with Crippen molar-refractivity contribution >= 4 is 11.9 Å². The minimum Gasteiger partial charge on any atom is -0.481 e. The van der Waals surface area contributed by atoms with E-state index < -0.39 is 76.5 Å². The maximum absolute atomic E-state index is 15.0. The minimum atomic E-state index is -5.09. The SMILES string of the molecule is CC(C)C1(C(=O)O)C(C)NC(CF)C(C)(C(=O)O)C1c1c(F)cccc1C(F)(F)F. The van der Waals surface area contributed by atoms with E-state index in [4.69, 9.17) is 0 Å². The minimum absolute atomic E-state index is 0.574. The predicted octanol–water partition coefficient (Wildman–Crippen LogP) is 4.08. The van der Waals surface area contributed by atoms with Crippen molar-refractivity contribution in [3.63, 3.8) is 0 Å². The van der Waals surface area contributed by atoms with Crippen LogP contribution in [0.4, 0.5) is 22.0 Å². The molecule has 0 spiro atoms. The van der Waals surface area contributed by atoms with Gasteiger partial charge in [-0.25, -0.2) is 8.78 Å². The average Bonchev–Trinajstić information content (AvgIpc) is 2.61. The fourth-order valence-corrected chi connectivity index (χ4v) is 5.04. The summed E-state index contributed by atoms with van der Waals surface area (Å²) in [4.78, 5) is 24.9. The second kappa shape index (κ2) is 7.79. The lowest BCUT2D eigenvalue weighted by Crippen LogP contribution is -2.71. The first-order chi connectivity index (χ1) is 13.7. The molecule has 0 aliphatic carbocycles. The fraction of sp³-hybridized carbons (Fsp3) is 0.600. The summed E-state index contributed by atoms with van der Waals surface area (Å²) in [6.45, 7) is 3.82. The highest BCUT2D eigenvalue weighted by Gasteiger charge is 2.68. The number of halogens is 5. The number of hydrogen-bond donors (Lipinski definition) is 3. The van der Waals surface area contributed by atoms with E-state index in [1.807, 2.05) is 0 Å². The van der Waals surface area contributed by atoms with Gasteiger partial charge in [0.25, 0.3) is 0 Å². The van der Waals surface area contributed by atoms with Crippen LogP contribution in [0, 0.1) is 22.6 Å². The molecule has 5 nitrogen and oxygen atoms in total. The van der Waals surface area contributed by atoms with Crippen LogP contribution >= 0.6 is 0 Å². The van der Waals surface area contributed by atoms with Crippen molar-refractivity contribution in [2.24, 2.45) is 16.7 Å². The molecule has 1 aliphatic heterocycles. The topological polar surface area (TPSA) is 86.6 Å². The van der Waals surface area contributed by atoms with Gasteiger partial charge in [0.1, 0.15) is 12.5 Å². The van der Waals surface area contributed by atoms with Gasteiger partial charge in [-0.15, -0.1) is 0 Å². The molecule has 2 rings (SSSR count). The summed E-state index contributed by atoms with van der Waals surface area (Å²) in [5, 5.41) is 22.8. The number of nitrogens with one attached hydrogen (secondary N) is 1. The zero-order valence-electron chi connectivity index (χ0n) is 16.8. The molecule has 5 atom stereocenters. The maximum Gasteiger partial charge on any atom is 0.416 e. The quantitative estimate of drug-likeness (QED) is 0.605. The van der Waals surface area contributed by atoms with Crippen LogP contribution in [0.5, 0.6) is 0 Å². The van der Waals surface area contributed by atoms with E-state index in [1.54, 1.807) is 0 Å². The van der Waals surface area contributed by atoms with E-state index in [-0.39, 0.29) is 0 Å². The van der Waals surface area contributed by atoms with E-state index in [0.29, 0.717) is 6.07 Å². The van der Waals surface area contributed by atoms with Crippen LogP contribution in [-0.4, -0.2) is 40.9 Å². The number of aliphatic carboxylic acids is 2. The maximum atomic E-state index is 15.0. The molecule has 1 aliphatic rings. The third-order valence-electron chi connectivity index (χ3n) is 6.56.